The van der Waals surface area contributed by atoms with E-state index in [0.29, 0.717) is 4.77 Å². The van der Waals surface area contributed by atoms with E-state index in [1.807, 2.05) is 36.0 Å². The standard InChI is InChI=1S/C19H22N6OS/c1-13-16(14(2)24(23-13)12-15-7-4-3-5-8-15)11-20-25-18(21-22-19(25)27)17-9-6-10-26-17/h3-5,7-8,11,17H,6,9-10,12H2,1-2H3,(H,22,27)/b20-11+/t17-/m1/s1. The molecule has 8 heteroatoms. The van der Waals surface area contributed by atoms with Crippen molar-refractivity contribution in [2.24, 2.45) is 5.10 Å². The first-order valence-electron chi connectivity index (χ1n) is 9.04. The summed E-state index contributed by atoms with van der Waals surface area (Å²) in [6.45, 7) is 5.53. The van der Waals surface area contributed by atoms with E-state index in [0.717, 1.165) is 48.8 Å². The summed E-state index contributed by atoms with van der Waals surface area (Å²) in [7, 11) is 0. The van der Waals surface area contributed by atoms with Gasteiger partial charge in [0.1, 0.15) is 6.10 Å². The van der Waals surface area contributed by atoms with Gasteiger partial charge in [-0.2, -0.15) is 20.0 Å². The Morgan fingerprint density at radius 2 is 2.15 bits per heavy atom. The average molecular weight is 382 g/mol. The number of benzene rings is 1. The average Bonchev–Trinajstić information content (AvgIpc) is 3.37. The number of aromatic nitrogens is 5. The first-order valence-corrected chi connectivity index (χ1v) is 9.45. The summed E-state index contributed by atoms with van der Waals surface area (Å²) in [5, 5.41) is 16.4. The van der Waals surface area contributed by atoms with Gasteiger partial charge in [-0.25, -0.2) is 0 Å². The van der Waals surface area contributed by atoms with Gasteiger partial charge in [0.2, 0.25) is 4.77 Å². The molecule has 1 N–H and O–H groups in total. The van der Waals surface area contributed by atoms with Crippen molar-refractivity contribution in [2.75, 3.05) is 6.61 Å². The molecule has 0 spiro atoms. The van der Waals surface area contributed by atoms with Crippen LogP contribution in [0.3, 0.4) is 0 Å². The maximum atomic E-state index is 5.72. The Morgan fingerprint density at radius 1 is 1.33 bits per heavy atom. The SMILES string of the molecule is Cc1nn(Cc2ccccc2)c(C)c1/C=N/n1c([C@H]2CCCO2)n[nH]c1=S. The topological polar surface area (TPSA) is 73.0 Å². The molecule has 1 aromatic carbocycles. The molecule has 2 aromatic heterocycles. The second kappa shape index (κ2) is 7.58. The minimum absolute atomic E-state index is 0.0573. The molecule has 7 nitrogen and oxygen atoms in total. The van der Waals surface area contributed by atoms with E-state index in [9.17, 15) is 0 Å². The fourth-order valence-corrected chi connectivity index (χ4v) is 3.51. The quantitative estimate of drug-likeness (QED) is 0.541. The van der Waals surface area contributed by atoms with E-state index in [-0.39, 0.29) is 6.10 Å². The molecule has 140 valence electrons. The Balaban J connectivity index is 1.62. The highest BCUT2D eigenvalue weighted by molar-refractivity contribution is 7.71. The van der Waals surface area contributed by atoms with Crippen molar-refractivity contribution in [2.45, 2.75) is 39.3 Å². The molecule has 1 saturated heterocycles. The molecule has 3 aromatic rings. The van der Waals surface area contributed by atoms with Crippen LogP contribution in [0.1, 0.15) is 47.3 Å². The third-order valence-electron chi connectivity index (χ3n) is 4.81. The molecule has 0 unspecified atom stereocenters. The number of aromatic amines is 1. The zero-order valence-electron chi connectivity index (χ0n) is 15.4. The molecule has 1 aliphatic heterocycles. The molecule has 4 rings (SSSR count). The number of ether oxygens (including phenoxy) is 1. The Hall–Kier alpha value is -2.58. The largest absolute Gasteiger partial charge is 0.370 e. The van der Waals surface area contributed by atoms with Gasteiger partial charge in [0.15, 0.2) is 5.82 Å². The maximum Gasteiger partial charge on any atom is 0.216 e. The van der Waals surface area contributed by atoms with Crippen molar-refractivity contribution >= 4 is 18.4 Å². The molecule has 1 atom stereocenters. The number of rotatable bonds is 5. The van der Waals surface area contributed by atoms with Crippen LogP contribution in [0.4, 0.5) is 0 Å². The van der Waals surface area contributed by atoms with Gasteiger partial charge in [-0.15, -0.1) is 0 Å². The Kier molecular flexibility index (Phi) is 5.00. The van der Waals surface area contributed by atoms with Crippen molar-refractivity contribution in [3.05, 3.63) is 63.4 Å². The number of H-pyrrole nitrogens is 1. The normalized spacial score (nSPS) is 17.2. The predicted octanol–water partition coefficient (Wildman–Crippen LogP) is 3.54. The van der Waals surface area contributed by atoms with E-state index < -0.39 is 0 Å². The highest BCUT2D eigenvalue weighted by Crippen LogP contribution is 2.27. The van der Waals surface area contributed by atoms with Gasteiger partial charge >= 0.3 is 0 Å². The third kappa shape index (κ3) is 3.63. The van der Waals surface area contributed by atoms with Crippen LogP contribution in [0, 0.1) is 18.6 Å². The Morgan fingerprint density at radius 3 is 2.89 bits per heavy atom. The molecule has 0 amide bonds. The van der Waals surface area contributed by atoms with Crippen LogP contribution >= 0.6 is 12.2 Å². The van der Waals surface area contributed by atoms with Crippen molar-refractivity contribution < 1.29 is 4.74 Å². The first-order chi connectivity index (χ1) is 13.1. The van der Waals surface area contributed by atoms with E-state index in [1.165, 1.54) is 5.56 Å². The van der Waals surface area contributed by atoms with Gasteiger partial charge in [0, 0.05) is 17.9 Å². The molecule has 27 heavy (non-hydrogen) atoms. The van der Waals surface area contributed by atoms with E-state index in [1.54, 1.807) is 4.68 Å². The lowest BCUT2D eigenvalue weighted by Crippen LogP contribution is -2.06. The summed E-state index contributed by atoms with van der Waals surface area (Å²) in [5.41, 5.74) is 4.20. The summed E-state index contributed by atoms with van der Waals surface area (Å²) >= 11 is 5.34. The second-order valence-electron chi connectivity index (χ2n) is 6.67. The second-order valence-corrected chi connectivity index (χ2v) is 7.06. The van der Waals surface area contributed by atoms with E-state index >= 15 is 0 Å². The van der Waals surface area contributed by atoms with Crippen LogP contribution in [0.15, 0.2) is 35.4 Å². The molecular formula is C19H22N6OS. The lowest BCUT2D eigenvalue weighted by molar-refractivity contribution is 0.102. The van der Waals surface area contributed by atoms with Gasteiger partial charge in [-0.1, -0.05) is 30.3 Å². The monoisotopic (exact) mass is 382 g/mol. The summed E-state index contributed by atoms with van der Waals surface area (Å²) in [5.74, 6) is 0.723. The van der Waals surface area contributed by atoms with Crippen molar-refractivity contribution in [1.29, 1.82) is 0 Å². The number of aryl methyl sites for hydroxylation is 1. The highest BCUT2D eigenvalue weighted by Gasteiger charge is 2.23. The van der Waals surface area contributed by atoms with Gasteiger partial charge in [0.05, 0.1) is 18.5 Å². The van der Waals surface area contributed by atoms with Gasteiger partial charge in [-0.05, 0) is 44.5 Å². The molecule has 1 aliphatic rings. The van der Waals surface area contributed by atoms with E-state index in [2.05, 4.69) is 39.5 Å². The van der Waals surface area contributed by atoms with Crippen LogP contribution in [-0.4, -0.2) is 37.5 Å². The predicted molar refractivity (Wildman–Crippen MR) is 106 cm³/mol. The number of nitrogens with one attached hydrogen (secondary N) is 1. The van der Waals surface area contributed by atoms with Crippen LogP contribution in [0.25, 0.3) is 0 Å². The fourth-order valence-electron chi connectivity index (χ4n) is 3.33. The molecule has 0 saturated carbocycles. The first kappa shape index (κ1) is 17.8. The number of hydrogen-bond donors (Lipinski definition) is 1. The lowest BCUT2D eigenvalue weighted by Gasteiger charge is -2.07. The molecule has 0 radical (unpaired) electrons. The van der Waals surface area contributed by atoms with Crippen LogP contribution < -0.4 is 0 Å². The zero-order valence-corrected chi connectivity index (χ0v) is 16.2. The number of hydrogen-bond acceptors (Lipinski definition) is 5. The highest BCUT2D eigenvalue weighted by atomic mass is 32.1. The van der Waals surface area contributed by atoms with Crippen molar-refractivity contribution in [3.63, 3.8) is 0 Å². The fraction of sp³-hybridized carbons (Fsp3) is 0.368. The third-order valence-corrected chi connectivity index (χ3v) is 5.07. The molecule has 1 fully saturated rings. The smallest absolute Gasteiger partial charge is 0.216 e. The van der Waals surface area contributed by atoms with Crippen molar-refractivity contribution in [3.8, 4) is 0 Å². The van der Waals surface area contributed by atoms with E-state index in [4.69, 9.17) is 17.0 Å². The van der Waals surface area contributed by atoms with Crippen LogP contribution in [0.5, 0.6) is 0 Å². The minimum Gasteiger partial charge on any atom is -0.370 e. The molecular weight excluding hydrogens is 360 g/mol. The summed E-state index contributed by atoms with van der Waals surface area (Å²) in [6.07, 6.45) is 3.71. The summed E-state index contributed by atoms with van der Waals surface area (Å²) < 4.78 is 9.84. The van der Waals surface area contributed by atoms with Crippen molar-refractivity contribution in [1.82, 2.24) is 24.7 Å². The van der Waals surface area contributed by atoms with Gasteiger partial charge in [-0.3, -0.25) is 9.78 Å². The molecule has 0 bridgehead atoms. The Bertz CT molecular complexity index is 1010. The molecule has 3 heterocycles. The summed E-state index contributed by atoms with van der Waals surface area (Å²) in [4.78, 5) is 0. The molecule has 0 aliphatic carbocycles. The maximum absolute atomic E-state index is 5.72. The Labute approximate surface area is 162 Å². The van der Waals surface area contributed by atoms with Crippen LogP contribution in [-0.2, 0) is 11.3 Å². The van der Waals surface area contributed by atoms with Gasteiger partial charge < -0.3 is 4.74 Å². The summed E-state index contributed by atoms with van der Waals surface area (Å²) in [6, 6.07) is 10.3. The van der Waals surface area contributed by atoms with Gasteiger partial charge in [0.25, 0.3) is 0 Å². The number of nitrogens with zero attached hydrogens (tertiary/aromatic N) is 5. The van der Waals surface area contributed by atoms with Crippen LogP contribution in [0.2, 0.25) is 0 Å². The lowest BCUT2D eigenvalue weighted by atomic mass is 10.2. The zero-order chi connectivity index (χ0) is 18.8. The minimum atomic E-state index is -0.0573.